The fourth-order valence-corrected chi connectivity index (χ4v) is 4.74. The minimum Gasteiger partial charge on any atom is -0.456 e. The van der Waals surface area contributed by atoms with Crippen molar-refractivity contribution in [2.24, 2.45) is 0 Å². The van der Waals surface area contributed by atoms with Crippen LogP contribution >= 0.6 is 0 Å². The van der Waals surface area contributed by atoms with E-state index in [0.717, 1.165) is 16.8 Å². The smallest absolute Gasteiger partial charge is 0.340 e. The number of anilines is 3. The van der Waals surface area contributed by atoms with Crippen LogP contribution in [0, 0.1) is 5.82 Å². The van der Waals surface area contributed by atoms with Crippen LogP contribution in [-0.4, -0.2) is 20.1 Å². The van der Waals surface area contributed by atoms with Crippen LogP contribution in [0.1, 0.15) is 27.0 Å². The molecule has 2 aliphatic heterocycles. The van der Waals surface area contributed by atoms with Gasteiger partial charge in [-0.2, -0.15) is 0 Å². The van der Waals surface area contributed by atoms with Gasteiger partial charge in [0.2, 0.25) is 0 Å². The van der Waals surface area contributed by atoms with E-state index in [-0.39, 0.29) is 5.82 Å². The van der Waals surface area contributed by atoms with E-state index in [9.17, 15) is 9.18 Å². The van der Waals surface area contributed by atoms with Gasteiger partial charge < -0.3 is 19.7 Å². The maximum Gasteiger partial charge on any atom is 0.340 e. The van der Waals surface area contributed by atoms with Crippen molar-refractivity contribution in [1.82, 2.24) is 0 Å². The van der Waals surface area contributed by atoms with Crippen molar-refractivity contribution < 1.29 is 18.7 Å². The number of para-hydroxylation sites is 1. The van der Waals surface area contributed by atoms with Gasteiger partial charge in [0.05, 0.1) is 11.3 Å². The van der Waals surface area contributed by atoms with Crippen LogP contribution < -0.4 is 15.0 Å². The van der Waals surface area contributed by atoms with Crippen LogP contribution in [-0.2, 0) is 10.3 Å². The number of carbonyl (C=O) groups is 1. The van der Waals surface area contributed by atoms with Crippen LogP contribution in [0.25, 0.3) is 0 Å². The number of hydrogen-bond donors (Lipinski definition) is 1. The largest absolute Gasteiger partial charge is 0.456 e. The predicted octanol–water partition coefficient (Wildman–Crippen LogP) is 6.20. The molecular weight excluding hydrogens is 431 g/mol. The van der Waals surface area contributed by atoms with Gasteiger partial charge in [0.25, 0.3) is 0 Å². The highest BCUT2D eigenvalue weighted by atomic mass is 19.1. The SMILES string of the molecule is CN(C)c1ccc2c(c1)Oc1ccc(Nc3ccccc3F)cc1C21OC(=O)c2ccccc21. The minimum atomic E-state index is -1.17. The molecule has 1 atom stereocenters. The van der Waals surface area contributed by atoms with Gasteiger partial charge in [-0.1, -0.05) is 30.3 Å². The number of halogens is 1. The van der Waals surface area contributed by atoms with Crippen molar-refractivity contribution in [3.8, 4) is 11.5 Å². The van der Waals surface area contributed by atoms with Crippen LogP contribution in [0.4, 0.5) is 21.5 Å². The van der Waals surface area contributed by atoms with Gasteiger partial charge in [-0.3, -0.25) is 0 Å². The number of rotatable bonds is 3. The summed E-state index contributed by atoms with van der Waals surface area (Å²) in [4.78, 5) is 15.0. The third-order valence-corrected chi connectivity index (χ3v) is 6.36. The van der Waals surface area contributed by atoms with Gasteiger partial charge in [-0.15, -0.1) is 0 Å². The molecule has 2 heterocycles. The van der Waals surface area contributed by atoms with Gasteiger partial charge in [-0.05, 0) is 48.5 Å². The Hall–Kier alpha value is -4.32. The maximum absolute atomic E-state index is 14.3. The average Bonchev–Trinajstić information content (AvgIpc) is 3.14. The highest BCUT2D eigenvalue weighted by molar-refractivity contribution is 5.97. The molecule has 0 saturated carbocycles. The highest BCUT2D eigenvalue weighted by Crippen LogP contribution is 2.57. The van der Waals surface area contributed by atoms with Crippen LogP contribution in [0.15, 0.2) is 84.9 Å². The summed E-state index contributed by atoms with van der Waals surface area (Å²) in [5.41, 5.74) is 3.50. The number of esters is 1. The van der Waals surface area contributed by atoms with E-state index in [1.54, 1.807) is 24.3 Å². The molecule has 4 aromatic rings. The van der Waals surface area contributed by atoms with E-state index in [4.69, 9.17) is 9.47 Å². The molecule has 0 bridgehead atoms. The van der Waals surface area contributed by atoms with Crippen molar-refractivity contribution in [3.05, 3.63) is 113 Å². The first-order chi connectivity index (χ1) is 16.5. The fourth-order valence-electron chi connectivity index (χ4n) is 4.74. The Bertz CT molecular complexity index is 1470. The second-order valence-electron chi connectivity index (χ2n) is 8.61. The van der Waals surface area contributed by atoms with Gasteiger partial charge in [0.1, 0.15) is 17.3 Å². The molecule has 0 saturated heterocycles. The first-order valence-corrected chi connectivity index (χ1v) is 11.0. The zero-order chi connectivity index (χ0) is 23.4. The molecule has 6 rings (SSSR count). The Morgan fingerprint density at radius 1 is 0.824 bits per heavy atom. The van der Waals surface area contributed by atoms with Crippen LogP contribution in [0.5, 0.6) is 11.5 Å². The summed E-state index contributed by atoms with van der Waals surface area (Å²) in [7, 11) is 3.92. The number of ether oxygens (including phenoxy) is 2. The Morgan fingerprint density at radius 3 is 2.44 bits per heavy atom. The van der Waals surface area contributed by atoms with E-state index < -0.39 is 11.6 Å². The molecule has 1 spiro atoms. The second-order valence-corrected chi connectivity index (χ2v) is 8.61. The van der Waals surface area contributed by atoms with Crippen molar-refractivity contribution >= 4 is 23.0 Å². The van der Waals surface area contributed by atoms with Crippen molar-refractivity contribution in [3.63, 3.8) is 0 Å². The number of nitrogens with zero attached hydrogens (tertiary/aromatic N) is 1. The number of benzene rings is 4. The molecule has 1 N–H and O–H groups in total. The van der Waals surface area contributed by atoms with Crippen molar-refractivity contribution in [1.29, 1.82) is 0 Å². The molecule has 0 amide bonds. The van der Waals surface area contributed by atoms with Crippen molar-refractivity contribution in [2.45, 2.75) is 5.60 Å². The summed E-state index contributed by atoms with van der Waals surface area (Å²) in [6, 6.07) is 25.3. The van der Waals surface area contributed by atoms with E-state index >= 15 is 0 Å². The number of hydrogen-bond acceptors (Lipinski definition) is 5. The zero-order valence-electron chi connectivity index (χ0n) is 18.6. The number of fused-ring (bicyclic) bond motifs is 6. The van der Waals surface area contributed by atoms with E-state index in [0.29, 0.717) is 34.0 Å². The summed E-state index contributed by atoms with van der Waals surface area (Å²) in [5, 5.41) is 3.13. The lowest BCUT2D eigenvalue weighted by Crippen LogP contribution is -2.33. The van der Waals surface area contributed by atoms with Gasteiger partial charge in [0.15, 0.2) is 5.60 Å². The first-order valence-electron chi connectivity index (χ1n) is 11.0. The molecular formula is C28H21FN2O3. The molecule has 5 nitrogen and oxygen atoms in total. The number of carbonyl (C=O) groups excluding carboxylic acids is 1. The van der Waals surface area contributed by atoms with Gasteiger partial charge in [0, 0.05) is 48.2 Å². The molecule has 0 aliphatic carbocycles. The van der Waals surface area contributed by atoms with Crippen LogP contribution in [0.2, 0.25) is 0 Å². The molecule has 0 radical (unpaired) electrons. The summed E-state index contributed by atoms with van der Waals surface area (Å²) >= 11 is 0. The Kier molecular flexibility index (Phi) is 4.39. The average molecular weight is 452 g/mol. The topological polar surface area (TPSA) is 50.8 Å². The first kappa shape index (κ1) is 20.3. The monoisotopic (exact) mass is 452 g/mol. The maximum atomic E-state index is 14.3. The summed E-state index contributed by atoms with van der Waals surface area (Å²) in [6.07, 6.45) is 0. The Labute approximate surface area is 196 Å². The lowest BCUT2D eigenvalue weighted by Gasteiger charge is -2.37. The lowest BCUT2D eigenvalue weighted by molar-refractivity contribution is 0.0224. The van der Waals surface area contributed by atoms with E-state index in [1.165, 1.54) is 6.07 Å². The molecule has 2 aliphatic rings. The van der Waals surface area contributed by atoms with Crippen molar-refractivity contribution in [2.75, 3.05) is 24.3 Å². The van der Waals surface area contributed by atoms with Gasteiger partial charge >= 0.3 is 5.97 Å². The molecule has 0 aromatic heterocycles. The standard InChI is InChI=1S/C28H21FN2O3/c1-31(2)18-12-13-21-26(16-18)33-25-14-11-17(30-24-10-6-5-9-23(24)29)15-22(25)28(21)20-8-4-3-7-19(20)27(32)34-28/h3-16,30H,1-2H3. The molecule has 4 aromatic carbocycles. The zero-order valence-corrected chi connectivity index (χ0v) is 18.6. The minimum absolute atomic E-state index is 0.355. The van der Waals surface area contributed by atoms with Gasteiger partial charge in [-0.25, -0.2) is 9.18 Å². The molecule has 34 heavy (non-hydrogen) atoms. The molecule has 168 valence electrons. The second kappa shape index (κ2) is 7.35. The summed E-state index contributed by atoms with van der Waals surface area (Å²) in [6.45, 7) is 0. The third kappa shape index (κ3) is 2.88. The Balaban J connectivity index is 1.58. The summed E-state index contributed by atoms with van der Waals surface area (Å²) in [5.74, 6) is 0.453. The molecule has 0 fully saturated rings. The van der Waals surface area contributed by atoms with E-state index in [2.05, 4.69) is 5.32 Å². The van der Waals surface area contributed by atoms with Crippen LogP contribution in [0.3, 0.4) is 0 Å². The Morgan fingerprint density at radius 2 is 1.62 bits per heavy atom. The lowest BCUT2D eigenvalue weighted by atomic mass is 9.77. The number of nitrogens with one attached hydrogen (secondary N) is 1. The fraction of sp³-hybridized carbons (Fsp3) is 0.107. The highest BCUT2D eigenvalue weighted by Gasteiger charge is 2.53. The third-order valence-electron chi connectivity index (χ3n) is 6.36. The quantitative estimate of drug-likeness (QED) is 0.375. The normalized spacial score (nSPS) is 17.3. The van der Waals surface area contributed by atoms with E-state index in [1.807, 2.05) is 73.6 Å². The summed E-state index contributed by atoms with van der Waals surface area (Å²) < 4.78 is 26.8. The predicted molar refractivity (Wildman–Crippen MR) is 129 cm³/mol. The molecule has 6 heteroatoms. The molecule has 1 unspecified atom stereocenters.